The topological polar surface area (TPSA) is 89.8 Å². The van der Waals surface area contributed by atoms with E-state index in [9.17, 15) is 13.8 Å². The van der Waals surface area contributed by atoms with Gasteiger partial charge >= 0.3 is 0 Å². The van der Waals surface area contributed by atoms with E-state index in [1.165, 1.54) is 6.07 Å². The number of nitrogens with zero attached hydrogens (tertiary/aromatic N) is 3. The fourth-order valence-electron chi connectivity index (χ4n) is 4.51. The van der Waals surface area contributed by atoms with Crippen LogP contribution in [0.3, 0.4) is 0 Å². The van der Waals surface area contributed by atoms with Crippen molar-refractivity contribution in [3.8, 4) is 6.07 Å². The molecule has 34 heavy (non-hydrogen) atoms. The van der Waals surface area contributed by atoms with Crippen LogP contribution in [0.25, 0.3) is 10.8 Å². The van der Waals surface area contributed by atoms with Gasteiger partial charge in [0, 0.05) is 48.2 Å². The van der Waals surface area contributed by atoms with Gasteiger partial charge in [-0.25, -0.2) is 9.49 Å². The highest BCUT2D eigenvalue weighted by Crippen LogP contribution is 2.47. The van der Waals surface area contributed by atoms with Crippen LogP contribution >= 0.6 is 7.14 Å². The highest BCUT2D eigenvalue weighted by atomic mass is 31.2. The van der Waals surface area contributed by atoms with Gasteiger partial charge in [0.25, 0.3) is 5.56 Å². The third-order valence-corrected chi connectivity index (χ3v) is 9.49. The van der Waals surface area contributed by atoms with Gasteiger partial charge in [-0.15, -0.1) is 0 Å². The molecular formula is C26H22FN4O2P. The maximum atomic E-state index is 14.9. The van der Waals surface area contributed by atoms with Crippen LogP contribution < -0.4 is 15.8 Å². The number of benzene rings is 3. The number of nitrogens with one attached hydrogen (secondary N) is 1. The van der Waals surface area contributed by atoms with Crippen molar-refractivity contribution in [1.82, 2.24) is 10.2 Å². The Hall–Kier alpha value is -3.75. The summed E-state index contributed by atoms with van der Waals surface area (Å²) in [5, 5.41) is 17.3. The summed E-state index contributed by atoms with van der Waals surface area (Å²) < 4.78 is 28.7. The molecule has 2 heterocycles. The zero-order valence-corrected chi connectivity index (χ0v) is 19.3. The molecule has 6 nitrogen and oxygen atoms in total. The molecule has 0 saturated carbocycles. The van der Waals surface area contributed by atoms with Crippen molar-refractivity contribution >= 4 is 28.9 Å². The first kappa shape index (κ1) is 22.1. The molecular weight excluding hydrogens is 450 g/mol. The first-order valence-electron chi connectivity index (χ1n) is 11.1. The Balaban J connectivity index is 1.39. The summed E-state index contributed by atoms with van der Waals surface area (Å²) in [6.45, 7) is 1.11. The summed E-state index contributed by atoms with van der Waals surface area (Å²) in [6, 6.07) is 21.4. The molecule has 1 aliphatic rings. The van der Waals surface area contributed by atoms with Gasteiger partial charge in [0.1, 0.15) is 13.0 Å². The molecule has 170 valence electrons. The molecule has 1 aromatic heterocycles. The Bertz CT molecular complexity index is 1510. The van der Waals surface area contributed by atoms with Crippen LogP contribution in [-0.2, 0) is 11.0 Å². The summed E-state index contributed by atoms with van der Waals surface area (Å²) in [7, 11) is -2.91. The maximum Gasteiger partial charge on any atom is 0.272 e. The van der Waals surface area contributed by atoms with Crippen LogP contribution in [0.2, 0.25) is 0 Å². The SMILES string of the molecule is N#Cc1ccc(N2CCP(=O)(c3cc(Cc4n[nH]c(=O)c5ccccc45)ccc3F)CC2)cc1. The molecule has 1 aliphatic heterocycles. The summed E-state index contributed by atoms with van der Waals surface area (Å²) in [5.74, 6) is -0.446. The Morgan fingerprint density at radius 3 is 2.44 bits per heavy atom. The van der Waals surface area contributed by atoms with E-state index in [-0.39, 0.29) is 5.56 Å². The number of hydrogen-bond donors (Lipinski definition) is 1. The number of aromatic amines is 1. The summed E-state index contributed by atoms with van der Waals surface area (Å²) in [5.41, 5.74) is 2.79. The summed E-state index contributed by atoms with van der Waals surface area (Å²) in [6.07, 6.45) is 1.16. The van der Waals surface area contributed by atoms with E-state index < -0.39 is 13.0 Å². The molecule has 0 spiro atoms. The lowest BCUT2D eigenvalue weighted by Crippen LogP contribution is -2.37. The molecule has 1 N–H and O–H groups in total. The minimum Gasteiger partial charge on any atom is -0.371 e. The predicted octanol–water partition coefficient (Wildman–Crippen LogP) is 4.03. The molecule has 0 unspecified atom stereocenters. The zero-order valence-electron chi connectivity index (χ0n) is 18.4. The van der Waals surface area contributed by atoms with Crippen molar-refractivity contribution < 1.29 is 8.96 Å². The number of anilines is 1. The van der Waals surface area contributed by atoms with E-state index in [1.807, 2.05) is 24.3 Å². The summed E-state index contributed by atoms with van der Waals surface area (Å²) >= 11 is 0. The number of fused-ring (bicyclic) bond motifs is 1. The smallest absolute Gasteiger partial charge is 0.272 e. The van der Waals surface area contributed by atoms with Crippen LogP contribution in [-0.4, -0.2) is 35.6 Å². The maximum absolute atomic E-state index is 14.9. The van der Waals surface area contributed by atoms with Crippen molar-refractivity contribution in [1.29, 1.82) is 5.26 Å². The standard InChI is InChI=1S/C26H22FN4O2P/c27-23-10-7-19(15-24-21-3-1-2-4-22(21)26(32)30-29-24)16-25(23)34(33)13-11-31(12-14-34)20-8-5-18(17-28)6-9-20/h1-10,16H,11-15H2,(H,30,32). The lowest BCUT2D eigenvalue weighted by atomic mass is 10.0. The second-order valence-electron chi connectivity index (χ2n) is 8.49. The average molecular weight is 472 g/mol. The molecule has 0 atom stereocenters. The minimum atomic E-state index is -2.91. The minimum absolute atomic E-state index is 0.252. The van der Waals surface area contributed by atoms with Gasteiger partial charge in [0.2, 0.25) is 0 Å². The van der Waals surface area contributed by atoms with Crippen LogP contribution in [0.1, 0.15) is 16.8 Å². The molecule has 0 bridgehead atoms. The second-order valence-corrected chi connectivity index (χ2v) is 11.6. The van der Waals surface area contributed by atoms with E-state index in [1.54, 1.807) is 36.4 Å². The van der Waals surface area contributed by atoms with E-state index in [2.05, 4.69) is 21.2 Å². The summed E-state index contributed by atoms with van der Waals surface area (Å²) in [4.78, 5) is 14.2. The largest absolute Gasteiger partial charge is 0.371 e. The van der Waals surface area contributed by atoms with Crippen molar-refractivity contribution in [3.05, 3.63) is 99.7 Å². The number of rotatable bonds is 4. The molecule has 0 radical (unpaired) electrons. The number of halogens is 1. The fourth-order valence-corrected chi connectivity index (χ4v) is 7.21. The zero-order chi connectivity index (χ0) is 23.7. The number of H-pyrrole nitrogens is 1. The van der Waals surface area contributed by atoms with Gasteiger partial charge in [-0.3, -0.25) is 4.79 Å². The van der Waals surface area contributed by atoms with E-state index >= 15 is 0 Å². The van der Waals surface area contributed by atoms with E-state index in [4.69, 9.17) is 5.26 Å². The highest BCUT2D eigenvalue weighted by molar-refractivity contribution is 7.71. The molecule has 8 heteroatoms. The van der Waals surface area contributed by atoms with Crippen molar-refractivity contribution in [2.45, 2.75) is 6.42 Å². The molecule has 0 aliphatic carbocycles. The van der Waals surface area contributed by atoms with E-state index in [0.29, 0.717) is 53.8 Å². The van der Waals surface area contributed by atoms with Gasteiger partial charge in [-0.1, -0.05) is 24.3 Å². The Morgan fingerprint density at radius 1 is 1.03 bits per heavy atom. The van der Waals surface area contributed by atoms with Gasteiger partial charge in [-0.2, -0.15) is 10.4 Å². The van der Waals surface area contributed by atoms with Crippen LogP contribution in [0, 0.1) is 17.1 Å². The number of aromatic nitrogens is 2. The Labute approximate surface area is 196 Å². The van der Waals surface area contributed by atoms with Gasteiger partial charge in [0.15, 0.2) is 0 Å². The average Bonchev–Trinajstić information content (AvgIpc) is 2.87. The van der Waals surface area contributed by atoms with Gasteiger partial charge in [-0.05, 0) is 48.0 Å². The van der Waals surface area contributed by atoms with Crippen molar-refractivity contribution in [2.24, 2.45) is 0 Å². The molecule has 1 fully saturated rings. The van der Waals surface area contributed by atoms with E-state index in [0.717, 1.165) is 16.6 Å². The molecule has 3 aromatic carbocycles. The van der Waals surface area contributed by atoms with Crippen LogP contribution in [0.4, 0.5) is 10.1 Å². The number of hydrogen-bond acceptors (Lipinski definition) is 5. The predicted molar refractivity (Wildman–Crippen MR) is 132 cm³/mol. The second kappa shape index (κ2) is 8.89. The molecule has 1 saturated heterocycles. The van der Waals surface area contributed by atoms with Crippen molar-refractivity contribution in [3.63, 3.8) is 0 Å². The highest BCUT2D eigenvalue weighted by Gasteiger charge is 2.33. The van der Waals surface area contributed by atoms with Gasteiger partial charge in [0.05, 0.1) is 22.7 Å². The third-order valence-electron chi connectivity index (χ3n) is 6.42. The van der Waals surface area contributed by atoms with Crippen LogP contribution in [0.15, 0.2) is 71.5 Å². The molecule has 0 amide bonds. The Kier molecular flexibility index (Phi) is 5.77. The fraction of sp³-hybridized carbons (Fsp3) is 0.192. The third kappa shape index (κ3) is 4.13. The lowest BCUT2D eigenvalue weighted by molar-refractivity contribution is 0.571. The first-order chi connectivity index (χ1) is 16.5. The monoisotopic (exact) mass is 472 g/mol. The molecule has 4 aromatic rings. The lowest BCUT2D eigenvalue weighted by Gasteiger charge is -2.34. The first-order valence-corrected chi connectivity index (χ1v) is 13.1. The van der Waals surface area contributed by atoms with Gasteiger partial charge < -0.3 is 9.46 Å². The van der Waals surface area contributed by atoms with Crippen molar-refractivity contribution in [2.75, 3.05) is 30.3 Å². The normalized spacial score (nSPS) is 15.2. The molecule has 5 rings (SSSR count). The number of nitriles is 1. The Morgan fingerprint density at radius 2 is 1.74 bits per heavy atom. The quantitative estimate of drug-likeness (QED) is 0.453. The van der Waals surface area contributed by atoms with Crippen LogP contribution in [0.5, 0.6) is 0 Å².